The van der Waals surface area contributed by atoms with E-state index < -0.39 is 0 Å². The van der Waals surface area contributed by atoms with Gasteiger partial charge in [-0.15, -0.1) is 0 Å². The first kappa shape index (κ1) is 12.0. The molecule has 1 aromatic carbocycles. The lowest BCUT2D eigenvalue weighted by Crippen LogP contribution is -2.30. The standard InChI is InChI=1S/C14H18ClN3/c1-18-12-6-2-5-11(13(12)14(15)17-18)8-10-4-3-7-16-9-10/h2,5-6,10,16H,3-4,7-9H2,1H3. The van der Waals surface area contributed by atoms with Gasteiger partial charge in [-0.05, 0) is 49.9 Å². The maximum absolute atomic E-state index is 6.25. The molecule has 1 atom stereocenters. The molecule has 1 unspecified atom stereocenters. The molecule has 3 rings (SSSR count). The minimum Gasteiger partial charge on any atom is -0.316 e. The van der Waals surface area contributed by atoms with E-state index in [1.165, 1.54) is 18.4 Å². The van der Waals surface area contributed by atoms with E-state index in [1.807, 2.05) is 11.7 Å². The van der Waals surface area contributed by atoms with Crippen LogP contribution in [0.15, 0.2) is 18.2 Å². The number of fused-ring (bicyclic) bond motifs is 1. The zero-order chi connectivity index (χ0) is 12.5. The number of halogens is 1. The first-order valence-corrected chi connectivity index (χ1v) is 6.94. The third kappa shape index (κ3) is 2.13. The summed E-state index contributed by atoms with van der Waals surface area (Å²) in [6.07, 6.45) is 3.68. The van der Waals surface area contributed by atoms with Crippen molar-refractivity contribution < 1.29 is 0 Å². The maximum atomic E-state index is 6.25. The minimum atomic E-state index is 0.631. The van der Waals surface area contributed by atoms with Crippen molar-refractivity contribution in [1.82, 2.24) is 15.1 Å². The van der Waals surface area contributed by atoms with Crippen molar-refractivity contribution in [3.8, 4) is 0 Å². The predicted octanol–water partition coefficient (Wildman–Crippen LogP) is 2.77. The highest BCUT2D eigenvalue weighted by Gasteiger charge is 2.17. The van der Waals surface area contributed by atoms with Crippen molar-refractivity contribution in [1.29, 1.82) is 0 Å². The molecule has 4 heteroatoms. The van der Waals surface area contributed by atoms with Gasteiger partial charge >= 0.3 is 0 Å². The number of rotatable bonds is 2. The second-order valence-electron chi connectivity index (χ2n) is 5.14. The topological polar surface area (TPSA) is 29.9 Å². The molecule has 96 valence electrons. The van der Waals surface area contributed by atoms with E-state index >= 15 is 0 Å². The molecular weight excluding hydrogens is 246 g/mol. The Hall–Kier alpha value is -1.06. The van der Waals surface area contributed by atoms with Gasteiger partial charge in [-0.25, -0.2) is 0 Å². The van der Waals surface area contributed by atoms with Crippen LogP contribution in [0.2, 0.25) is 5.15 Å². The number of nitrogens with one attached hydrogen (secondary N) is 1. The van der Waals surface area contributed by atoms with Crippen LogP contribution in [-0.2, 0) is 13.5 Å². The molecule has 3 nitrogen and oxygen atoms in total. The van der Waals surface area contributed by atoms with Crippen molar-refractivity contribution in [2.75, 3.05) is 13.1 Å². The van der Waals surface area contributed by atoms with E-state index in [4.69, 9.17) is 11.6 Å². The van der Waals surface area contributed by atoms with Crippen molar-refractivity contribution in [3.05, 3.63) is 28.9 Å². The van der Waals surface area contributed by atoms with E-state index in [9.17, 15) is 0 Å². The summed E-state index contributed by atoms with van der Waals surface area (Å²) < 4.78 is 1.86. The number of benzene rings is 1. The van der Waals surface area contributed by atoms with Gasteiger partial charge in [0.1, 0.15) is 0 Å². The number of piperidine rings is 1. The molecular formula is C14H18ClN3. The Balaban J connectivity index is 1.95. The number of aromatic nitrogens is 2. The molecule has 1 aromatic heterocycles. The Morgan fingerprint density at radius 2 is 2.39 bits per heavy atom. The zero-order valence-electron chi connectivity index (χ0n) is 10.6. The average Bonchev–Trinajstić information content (AvgIpc) is 2.67. The summed E-state index contributed by atoms with van der Waals surface area (Å²) in [5.41, 5.74) is 2.46. The lowest BCUT2D eigenvalue weighted by molar-refractivity contribution is 0.377. The Labute approximate surface area is 112 Å². The first-order chi connectivity index (χ1) is 8.75. The molecule has 2 aromatic rings. The zero-order valence-corrected chi connectivity index (χ0v) is 11.4. The highest BCUT2D eigenvalue weighted by Crippen LogP contribution is 2.28. The third-order valence-corrected chi connectivity index (χ3v) is 4.09. The van der Waals surface area contributed by atoms with Crippen LogP contribution < -0.4 is 5.32 Å². The Kier molecular flexibility index (Phi) is 3.27. The molecule has 18 heavy (non-hydrogen) atoms. The molecule has 0 spiro atoms. The first-order valence-electron chi connectivity index (χ1n) is 6.56. The van der Waals surface area contributed by atoms with Gasteiger partial charge in [0.2, 0.25) is 0 Å². The van der Waals surface area contributed by atoms with Crippen LogP contribution in [0.25, 0.3) is 10.9 Å². The van der Waals surface area contributed by atoms with Crippen molar-refractivity contribution in [3.63, 3.8) is 0 Å². The fourth-order valence-corrected chi connectivity index (χ4v) is 3.24. The monoisotopic (exact) mass is 263 g/mol. The highest BCUT2D eigenvalue weighted by molar-refractivity contribution is 6.34. The van der Waals surface area contributed by atoms with Crippen LogP contribution in [0.3, 0.4) is 0 Å². The molecule has 2 heterocycles. The van der Waals surface area contributed by atoms with Gasteiger partial charge in [0, 0.05) is 12.4 Å². The summed E-state index contributed by atoms with van der Waals surface area (Å²) in [5, 5.41) is 9.54. The smallest absolute Gasteiger partial charge is 0.159 e. The maximum Gasteiger partial charge on any atom is 0.159 e. The number of hydrogen-bond donors (Lipinski definition) is 1. The molecule has 0 aliphatic carbocycles. The van der Waals surface area contributed by atoms with Crippen LogP contribution in [0, 0.1) is 5.92 Å². The summed E-state index contributed by atoms with van der Waals surface area (Å²) in [5.74, 6) is 0.723. The fourth-order valence-electron chi connectivity index (χ4n) is 2.91. The lowest BCUT2D eigenvalue weighted by atomic mass is 9.91. The third-order valence-electron chi connectivity index (χ3n) is 3.83. The minimum absolute atomic E-state index is 0.631. The lowest BCUT2D eigenvalue weighted by Gasteiger charge is -2.23. The average molecular weight is 264 g/mol. The predicted molar refractivity (Wildman–Crippen MR) is 75.0 cm³/mol. The SMILES string of the molecule is Cn1nc(Cl)c2c(CC3CCCNC3)cccc21. The number of nitrogens with zero attached hydrogens (tertiary/aromatic N) is 2. The van der Waals surface area contributed by atoms with Gasteiger partial charge in [0.15, 0.2) is 5.15 Å². The Morgan fingerprint density at radius 1 is 1.50 bits per heavy atom. The van der Waals surface area contributed by atoms with Crippen LogP contribution >= 0.6 is 11.6 Å². The van der Waals surface area contributed by atoms with Crippen LogP contribution in [0.5, 0.6) is 0 Å². The second-order valence-corrected chi connectivity index (χ2v) is 5.50. The summed E-state index contributed by atoms with van der Waals surface area (Å²) in [6, 6.07) is 6.37. The van der Waals surface area contributed by atoms with Crippen LogP contribution in [0.4, 0.5) is 0 Å². The van der Waals surface area contributed by atoms with Crippen LogP contribution in [0.1, 0.15) is 18.4 Å². The van der Waals surface area contributed by atoms with Gasteiger partial charge in [-0.1, -0.05) is 23.7 Å². The summed E-state index contributed by atoms with van der Waals surface area (Å²) in [4.78, 5) is 0. The van der Waals surface area contributed by atoms with Gasteiger partial charge in [-0.2, -0.15) is 5.10 Å². The summed E-state index contributed by atoms with van der Waals surface area (Å²) in [6.45, 7) is 2.28. The largest absolute Gasteiger partial charge is 0.316 e. The number of aryl methyl sites for hydroxylation is 1. The second kappa shape index (κ2) is 4.90. The number of hydrogen-bond acceptors (Lipinski definition) is 2. The molecule has 1 aliphatic heterocycles. The quantitative estimate of drug-likeness (QED) is 0.903. The van der Waals surface area contributed by atoms with Gasteiger partial charge in [0.25, 0.3) is 0 Å². The molecule has 1 N–H and O–H groups in total. The van der Waals surface area contributed by atoms with Crippen molar-refractivity contribution in [2.24, 2.45) is 13.0 Å². The Morgan fingerprint density at radius 3 is 3.17 bits per heavy atom. The highest BCUT2D eigenvalue weighted by atomic mass is 35.5. The van der Waals surface area contributed by atoms with E-state index in [-0.39, 0.29) is 0 Å². The normalized spacial score (nSPS) is 20.4. The van der Waals surface area contributed by atoms with E-state index in [0.717, 1.165) is 36.3 Å². The molecule has 0 bridgehead atoms. The molecule has 0 saturated carbocycles. The summed E-state index contributed by atoms with van der Waals surface area (Å²) >= 11 is 6.25. The molecule has 0 radical (unpaired) electrons. The fraction of sp³-hybridized carbons (Fsp3) is 0.500. The van der Waals surface area contributed by atoms with Gasteiger partial charge in [0.05, 0.1) is 5.52 Å². The van der Waals surface area contributed by atoms with Gasteiger partial charge in [-0.3, -0.25) is 4.68 Å². The van der Waals surface area contributed by atoms with E-state index in [1.54, 1.807) is 0 Å². The molecule has 1 fully saturated rings. The van der Waals surface area contributed by atoms with Crippen molar-refractivity contribution in [2.45, 2.75) is 19.3 Å². The summed E-state index contributed by atoms with van der Waals surface area (Å²) in [7, 11) is 1.94. The van der Waals surface area contributed by atoms with Crippen molar-refractivity contribution >= 4 is 22.5 Å². The molecule has 1 aliphatic rings. The Bertz CT molecular complexity index is 555. The van der Waals surface area contributed by atoms with E-state index in [2.05, 4.69) is 28.6 Å². The molecule has 0 amide bonds. The van der Waals surface area contributed by atoms with Crippen LogP contribution in [-0.4, -0.2) is 22.9 Å². The van der Waals surface area contributed by atoms with Gasteiger partial charge < -0.3 is 5.32 Å². The van der Waals surface area contributed by atoms with E-state index in [0.29, 0.717) is 5.15 Å². The molecule has 1 saturated heterocycles.